The van der Waals surface area contributed by atoms with Gasteiger partial charge in [0.1, 0.15) is 0 Å². The van der Waals surface area contributed by atoms with Gasteiger partial charge in [-0.3, -0.25) is 19.9 Å². The molecule has 1 N–H and O–H groups in total. The Hall–Kier alpha value is -3.01. The van der Waals surface area contributed by atoms with E-state index in [4.69, 9.17) is 0 Å². The smallest absolute Gasteiger partial charge is 0.259 e. The second-order valence-corrected chi connectivity index (χ2v) is 4.99. The SMILES string of the molecule is C/C(=C1\C(=O)NC(=O)\C1=C\c1ccncc1)c1ccccc1. The molecule has 1 fully saturated rings. The number of imide groups is 1. The lowest BCUT2D eigenvalue weighted by Crippen LogP contribution is -2.20. The first kappa shape index (κ1) is 13.9. The summed E-state index contributed by atoms with van der Waals surface area (Å²) in [6.45, 7) is 1.85. The molecule has 1 aliphatic heterocycles. The van der Waals surface area contributed by atoms with E-state index in [0.29, 0.717) is 11.1 Å². The van der Waals surface area contributed by atoms with Gasteiger partial charge in [0.25, 0.3) is 11.8 Å². The van der Waals surface area contributed by atoms with Crippen LogP contribution in [0.2, 0.25) is 0 Å². The summed E-state index contributed by atoms with van der Waals surface area (Å²) in [5, 5.41) is 2.37. The van der Waals surface area contributed by atoms with Crippen molar-refractivity contribution in [3.63, 3.8) is 0 Å². The average molecular weight is 290 g/mol. The molecule has 4 nitrogen and oxygen atoms in total. The van der Waals surface area contributed by atoms with Crippen LogP contribution in [0.5, 0.6) is 0 Å². The van der Waals surface area contributed by atoms with E-state index in [-0.39, 0.29) is 11.8 Å². The number of aromatic nitrogens is 1. The lowest BCUT2D eigenvalue weighted by molar-refractivity contribution is -0.123. The molecular formula is C18H14N2O2. The molecule has 2 heterocycles. The van der Waals surface area contributed by atoms with Crippen molar-refractivity contribution in [2.75, 3.05) is 0 Å². The van der Waals surface area contributed by atoms with Crippen molar-refractivity contribution in [3.05, 3.63) is 77.1 Å². The summed E-state index contributed by atoms with van der Waals surface area (Å²) < 4.78 is 0. The van der Waals surface area contributed by atoms with Crippen molar-refractivity contribution < 1.29 is 9.59 Å². The molecule has 1 aromatic heterocycles. The zero-order valence-corrected chi connectivity index (χ0v) is 12.0. The number of carbonyl (C=O) groups excluding carboxylic acids is 2. The number of hydrogen-bond donors (Lipinski definition) is 1. The van der Waals surface area contributed by atoms with Gasteiger partial charge in [0, 0.05) is 12.4 Å². The zero-order valence-electron chi connectivity index (χ0n) is 12.0. The maximum Gasteiger partial charge on any atom is 0.259 e. The highest BCUT2D eigenvalue weighted by molar-refractivity contribution is 6.29. The molecule has 4 heteroatoms. The van der Waals surface area contributed by atoms with E-state index in [1.807, 2.05) is 37.3 Å². The van der Waals surface area contributed by atoms with Crippen molar-refractivity contribution in [1.82, 2.24) is 10.3 Å². The highest BCUT2D eigenvalue weighted by atomic mass is 16.2. The van der Waals surface area contributed by atoms with Crippen LogP contribution >= 0.6 is 0 Å². The summed E-state index contributed by atoms with van der Waals surface area (Å²) in [5.41, 5.74) is 3.34. The summed E-state index contributed by atoms with van der Waals surface area (Å²) in [7, 11) is 0. The Kier molecular flexibility index (Phi) is 3.66. The monoisotopic (exact) mass is 290 g/mol. The molecule has 22 heavy (non-hydrogen) atoms. The third-order valence-corrected chi connectivity index (χ3v) is 3.57. The van der Waals surface area contributed by atoms with E-state index >= 15 is 0 Å². The van der Waals surface area contributed by atoms with Crippen LogP contribution in [0, 0.1) is 0 Å². The summed E-state index contributed by atoms with van der Waals surface area (Å²) >= 11 is 0. The number of amides is 2. The van der Waals surface area contributed by atoms with Gasteiger partial charge in [-0.2, -0.15) is 0 Å². The predicted octanol–water partition coefficient (Wildman–Crippen LogP) is 2.60. The standard InChI is InChI=1S/C18H14N2O2/c1-12(14-5-3-2-4-6-14)16-15(17(21)20-18(16)22)11-13-7-9-19-10-8-13/h2-11H,1H3,(H,20,21,22)/b15-11+,16-12+. The minimum absolute atomic E-state index is 0.355. The maximum absolute atomic E-state index is 12.2. The number of allylic oxidation sites excluding steroid dienone is 1. The van der Waals surface area contributed by atoms with Crippen LogP contribution in [0.4, 0.5) is 0 Å². The fourth-order valence-electron chi connectivity index (χ4n) is 2.44. The molecular weight excluding hydrogens is 276 g/mol. The molecule has 0 radical (unpaired) electrons. The number of hydrogen-bond acceptors (Lipinski definition) is 3. The Morgan fingerprint density at radius 1 is 1.00 bits per heavy atom. The van der Waals surface area contributed by atoms with Crippen molar-refractivity contribution >= 4 is 23.5 Å². The van der Waals surface area contributed by atoms with Crippen LogP contribution in [0.15, 0.2) is 66.0 Å². The molecule has 3 rings (SSSR count). The van der Waals surface area contributed by atoms with Gasteiger partial charge in [-0.1, -0.05) is 30.3 Å². The number of carbonyl (C=O) groups is 2. The van der Waals surface area contributed by atoms with Gasteiger partial charge in [-0.25, -0.2) is 0 Å². The molecule has 1 saturated heterocycles. The van der Waals surface area contributed by atoms with Gasteiger partial charge >= 0.3 is 0 Å². The normalized spacial score (nSPS) is 18.5. The van der Waals surface area contributed by atoms with Crippen molar-refractivity contribution in [2.45, 2.75) is 6.92 Å². The maximum atomic E-state index is 12.2. The van der Waals surface area contributed by atoms with Crippen LogP contribution in [-0.2, 0) is 9.59 Å². The van der Waals surface area contributed by atoms with Gasteiger partial charge in [-0.05, 0) is 41.8 Å². The van der Waals surface area contributed by atoms with Gasteiger partial charge in [0.2, 0.25) is 0 Å². The second-order valence-electron chi connectivity index (χ2n) is 4.99. The number of rotatable bonds is 2. The first-order chi connectivity index (χ1) is 10.7. The molecule has 108 valence electrons. The average Bonchev–Trinajstić information content (AvgIpc) is 2.82. The van der Waals surface area contributed by atoms with Gasteiger partial charge in [-0.15, -0.1) is 0 Å². The van der Waals surface area contributed by atoms with E-state index in [9.17, 15) is 9.59 Å². The lowest BCUT2D eigenvalue weighted by atomic mass is 9.96. The molecule has 0 spiro atoms. The van der Waals surface area contributed by atoms with E-state index in [1.54, 1.807) is 30.6 Å². The molecule has 0 atom stereocenters. The molecule has 1 aliphatic rings. The largest absolute Gasteiger partial charge is 0.288 e. The zero-order chi connectivity index (χ0) is 15.5. The lowest BCUT2D eigenvalue weighted by Gasteiger charge is -2.05. The van der Waals surface area contributed by atoms with Crippen molar-refractivity contribution in [1.29, 1.82) is 0 Å². The Bertz CT molecular complexity index is 790. The third-order valence-electron chi connectivity index (χ3n) is 3.57. The van der Waals surface area contributed by atoms with Crippen molar-refractivity contribution in [3.8, 4) is 0 Å². The number of nitrogens with zero attached hydrogens (tertiary/aromatic N) is 1. The fourth-order valence-corrected chi connectivity index (χ4v) is 2.44. The Balaban J connectivity index is 2.14. The quantitative estimate of drug-likeness (QED) is 0.683. The van der Waals surface area contributed by atoms with Gasteiger partial charge in [0.05, 0.1) is 11.1 Å². The number of nitrogens with one attached hydrogen (secondary N) is 1. The number of benzene rings is 1. The predicted molar refractivity (Wildman–Crippen MR) is 84.4 cm³/mol. The topological polar surface area (TPSA) is 59.1 Å². The molecule has 1 aromatic carbocycles. The second kappa shape index (κ2) is 5.77. The van der Waals surface area contributed by atoms with Crippen LogP contribution in [0.25, 0.3) is 11.6 Å². The first-order valence-electron chi connectivity index (χ1n) is 6.91. The van der Waals surface area contributed by atoms with Crippen LogP contribution in [-0.4, -0.2) is 16.8 Å². The molecule has 2 amide bonds. The summed E-state index contributed by atoms with van der Waals surface area (Å²) in [5.74, 6) is -0.723. The van der Waals surface area contributed by atoms with Gasteiger partial charge in [0.15, 0.2) is 0 Å². The summed E-state index contributed by atoms with van der Waals surface area (Å²) in [6, 6.07) is 13.1. The van der Waals surface area contributed by atoms with E-state index < -0.39 is 0 Å². The highest BCUT2D eigenvalue weighted by Crippen LogP contribution is 2.28. The highest BCUT2D eigenvalue weighted by Gasteiger charge is 2.32. The van der Waals surface area contributed by atoms with E-state index in [0.717, 1.165) is 16.7 Å². The van der Waals surface area contributed by atoms with Crippen LogP contribution < -0.4 is 5.32 Å². The minimum atomic E-state index is -0.368. The first-order valence-corrected chi connectivity index (χ1v) is 6.91. The number of pyridine rings is 1. The van der Waals surface area contributed by atoms with Crippen LogP contribution in [0.3, 0.4) is 0 Å². The van der Waals surface area contributed by atoms with Gasteiger partial charge < -0.3 is 0 Å². The van der Waals surface area contributed by atoms with Crippen molar-refractivity contribution in [2.24, 2.45) is 0 Å². The molecule has 0 saturated carbocycles. The van der Waals surface area contributed by atoms with Crippen LogP contribution in [0.1, 0.15) is 18.1 Å². The summed E-state index contributed by atoms with van der Waals surface area (Å²) in [4.78, 5) is 28.2. The Labute approximate surface area is 128 Å². The fraction of sp³-hybridized carbons (Fsp3) is 0.0556. The van der Waals surface area contributed by atoms with E-state index in [2.05, 4.69) is 10.3 Å². The minimum Gasteiger partial charge on any atom is -0.288 e. The van der Waals surface area contributed by atoms with E-state index in [1.165, 1.54) is 0 Å². The molecule has 0 bridgehead atoms. The Morgan fingerprint density at radius 3 is 2.36 bits per heavy atom. The molecule has 2 aromatic rings. The molecule has 0 unspecified atom stereocenters. The Morgan fingerprint density at radius 2 is 1.68 bits per heavy atom. The third kappa shape index (κ3) is 2.59. The summed E-state index contributed by atoms with van der Waals surface area (Å²) in [6.07, 6.45) is 5.01. The molecule has 0 aliphatic carbocycles.